The minimum absolute atomic E-state index is 0.0798. The normalized spacial score (nSPS) is 18.2. The molecule has 17 heavy (non-hydrogen) atoms. The summed E-state index contributed by atoms with van der Waals surface area (Å²) in [7, 11) is 1.91. The molecule has 0 bridgehead atoms. The van der Waals surface area contributed by atoms with Crippen LogP contribution in [0.3, 0.4) is 0 Å². The lowest BCUT2D eigenvalue weighted by molar-refractivity contribution is -0.129. The van der Waals surface area contributed by atoms with Gasteiger partial charge in [-0.25, -0.2) is 0 Å². The number of hydrogen-bond acceptors (Lipinski definition) is 2. The van der Waals surface area contributed by atoms with Gasteiger partial charge in [-0.05, 0) is 24.0 Å². The number of rotatable bonds is 3. The van der Waals surface area contributed by atoms with Crippen LogP contribution in [0.2, 0.25) is 0 Å². The number of fused-ring (bicyclic) bond motifs is 1. The van der Waals surface area contributed by atoms with Crippen LogP contribution in [-0.2, 0) is 11.2 Å². The number of hydrogen-bond donors (Lipinski definition) is 0. The third-order valence-corrected chi connectivity index (χ3v) is 4.24. The Balaban J connectivity index is 2.01. The quantitative estimate of drug-likeness (QED) is 0.821. The van der Waals surface area contributed by atoms with Gasteiger partial charge in [-0.3, -0.25) is 4.79 Å². The highest BCUT2D eigenvalue weighted by molar-refractivity contribution is 8.01. The molecule has 0 aromatic heterocycles. The maximum atomic E-state index is 12.3. The highest BCUT2D eigenvalue weighted by Gasteiger charge is 2.29. The van der Waals surface area contributed by atoms with Crippen LogP contribution in [0.15, 0.2) is 29.2 Å². The van der Waals surface area contributed by atoms with Gasteiger partial charge in [-0.1, -0.05) is 32.0 Å². The molecule has 0 saturated heterocycles. The van der Waals surface area contributed by atoms with Crippen LogP contribution < -0.4 is 0 Å². The fourth-order valence-corrected chi connectivity index (χ4v) is 3.51. The standard InChI is InChI=1S/C14H19NOS/c1-10(2)9-15(3)14(16)13-8-11-6-4-5-7-12(11)17-13/h4-7,10,13H,8-9H2,1-3H3. The number of carbonyl (C=O) groups excluding carboxylic acids is 1. The first kappa shape index (κ1) is 12.5. The van der Waals surface area contributed by atoms with Crippen molar-refractivity contribution in [2.45, 2.75) is 30.4 Å². The molecule has 0 fully saturated rings. The molecule has 2 nitrogen and oxygen atoms in total. The van der Waals surface area contributed by atoms with Crippen LogP contribution in [0.25, 0.3) is 0 Å². The molecule has 1 atom stereocenters. The van der Waals surface area contributed by atoms with Crippen molar-refractivity contribution in [1.29, 1.82) is 0 Å². The van der Waals surface area contributed by atoms with E-state index < -0.39 is 0 Å². The molecule has 1 aromatic rings. The average Bonchev–Trinajstić information content (AvgIpc) is 2.70. The van der Waals surface area contributed by atoms with E-state index in [1.807, 2.05) is 24.1 Å². The second kappa shape index (κ2) is 5.13. The van der Waals surface area contributed by atoms with Crippen LogP contribution in [0.4, 0.5) is 0 Å². The monoisotopic (exact) mass is 249 g/mol. The van der Waals surface area contributed by atoms with Gasteiger partial charge in [0.05, 0.1) is 5.25 Å². The minimum atomic E-state index is 0.0798. The van der Waals surface area contributed by atoms with Crippen LogP contribution in [-0.4, -0.2) is 29.6 Å². The number of benzene rings is 1. The molecule has 0 saturated carbocycles. The van der Waals surface area contributed by atoms with Crippen molar-refractivity contribution in [2.24, 2.45) is 5.92 Å². The maximum Gasteiger partial charge on any atom is 0.236 e. The molecule has 1 amide bonds. The molecule has 1 unspecified atom stereocenters. The molecule has 0 spiro atoms. The first-order chi connectivity index (χ1) is 8.08. The highest BCUT2D eigenvalue weighted by atomic mass is 32.2. The van der Waals surface area contributed by atoms with E-state index in [2.05, 4.69) is 26.0 Å². The molecular formula is C14H19NOS. The summed E-state index contributed by atoms with van der Waals surface area (Å²) >= 11 is 1.71. The average molecular weight is 249 g/mol. The molecule has 1 aliphatic heterocycles. The van der Waals surface area contributed by atoms with Gasteiger partial charge < -0.3 is 4.90 Å². The lowest BCUT2D eigenvalue weighted by atomic mass is 10.1. The summed E-state index contributed by atoms with van der Waals surface area (Å²) in [6.45, 7) is 5.12. The predicted octanol–water partition coefficient (Wildman–Crippen LogP) is 2.82. The Morgan fingerprint density at radius 1 is 1.47 bits per heavy atom. The topological polar surface area (TPSA) is 20.3 Å². The van der Waals surface area contributed by atoms with E-state index in [-0.39, 0.29) is 11.2 Å². The number of thioether (sulfide) groups is 1. The van der Waals surface area contributed by atoms with Gasteiger partial charge in [0.15, 0.2) is 0 Å². The zero-order chi connectivity index (χ0) is 12.4. The maximum absolute atomic E-state index is 12.3. The zero-order valence-corrected chi connectivity index (χ0v) is 11.5. The van der Waals surface area contributed by atoms with Crippen molar-refractivity contribution in [2.75, 3.05) is 13.6 Å². The van der Waals surface area contributed by atoms with Gasteiger partial charge in [0.2, 0.25) is 5.91 Å². The number of carbonyl (C=O) groups is 1. The Bertz CT molecular complexity index is 391. The van der Waals surface area contributed by atoms with E-state index in [9.17, 15) is 4.79 Å². The molecule has 92 valence electrons. The van der Waals surface area contributed by atoms with Crippen molar-refractivity contribution in [3.05, 3.63) is 29.8 Å². The Morgan fingerprint density at radius 3 is 2.82 bits per heavy atom. The number of amides is 1. The fraction of sp³-hybridized carbons (Fsp3) is 0.500. The van der Waals surface area contributed by atoms with E-state index >= 15 is 0 Å². The predicted molar refractivity (Wildman–Crippen MR) is 72.3 cm³/mol. The van der Waals surface area contributed by atoms with Gasteiger partial charge in [0, 0.05) is 18.5 Å². The van der Waals surface area contributed by atoms with Gasteiger partial charge in [-0.15, -0.1) is 11.8 Å². The molecule has 1 aromatic carbocycles. The molecular weight excluding hydrogens is 230 g/mol. The molecule has 3 heteroatoms. The van der Waals surface area contributed by atoms with E-state index in [0.717, 1.165) is 13.0 Å². The van der Waals surface area contributed by atoms with Crippen LogP contribution >= 0.6 is 11.8 Å². The largest absolute Gasteiger partial charge is 0.345 e. The molecule has 1 aliphatic rings. The first-order valence-corrected chi connectivity index (χ1v) is 6.95. The smallest absolute Gasteiger partial charge is 0.236 e. The van der Waals surface area contributed by atoms with E-state index in [4.69, 9.17) is 0 Å². The summed E-state index contributed by atoms with van der Waals surface area (Å²) < 4.78 is 0. The van der Waals surface area contributed by atoms with Crippen molar-refractivity contribution in [1.82, 2.24) is 4.90 Å². The minimum Gasteiger partial charge on any atom is -0.345 e. The van der Waals surface area contributed by atoms with Crippen LogP contribution in [0.1, 0.15) is 19.4 Å². The molecule has 1 heterocycles. The van der Waals surface area contributed by atoms with Crippen LogP contribution in [0.5, 0.6) is 0 Å². The van der Waals surface area contributed by atoms with Crippen molar-refractivity contribution < 1.29 is 4.79 Å². The molecule has 0 aliphatic carbocycles. The van der Waals surface area contributed by atoms with E-state index in [0.29, 0.717) is 5.92 Å². The van der Waals surface area contributed by atoms with Gasteiger partial charge >= 0.3 is 0 Å². The van der Waals surface area contributed by atoms with E-state index in [1.54, 1.807) is 11.8 Å². The molecule has 0 radical (unpaired) electrons. The zero-order valence-electron chi connectivity index (χ0n) is 10.6. The van der Waals surface area contributed by atoms with Gasteiger partial charge in [0.1, 0.15) is 0 Å². The lowest BCUT2D eigenvalue weighted by Crippen LogP contribution is -2.36. The summed E-state index contributed by atoms with van der Waals surface area (Å²) in [4.78, 5) is 15.4. The lowest BCUT2D eigenvalue weighted by Gasteiger charge is -2.22. The highest BCUT2D eigenvalue weighted by Crippen LogP contribution is 2.37. The Hall–Kier alpha value is -0.960. The van der Waals surface area contributed by atoms with Crippen molar-refractivity contribution in [3.8, 4) is 0 Å². The van der Waals surface area contributed by atoms with Crippen molar-refractivity contribution >= 4 is 17.7 Å². The van der Waals surface area contributed by atoms with Crippen molar-refractivity contribution in [3.63, 3.8) is 0 Å². The molecule has 0 N–H and O–H groups in total. The summed E-state index contributed by atoms with van der Waals surface area (Å²) in [5.41, 5.74) is 1.31. The SMILES string of the molecule is CC(C)CN(C)C(=O)C1Cc2ccccc2S1. The third kappa shape index (κ3) is 2.83. The summed E-state index contributed by atoms with van der Waals surface area (Å²) in [5.74, 6) is 0.789. The summed E-state index contributed by atoms with van der Waals surface area (Å²) in [5, 5.41) is 0.0798. The second-order valence-electron chi connectivity index (χ2n) is 5.03. The Labute approximate surface area is 107 Å². The first-order valence-electron chi connectivity index (χ1n) is 6.07. The summed E-state index contributed by atoms with van der Waals surface area (Å²) in [6.07, 6.45) is 0.877. The number of nitrogens with zero attached hydrogens (tertiary/aromatic N) is 1. The Kier molecular flexibility index (Phi) is 3.77. The third-order valence-electron chi connectivity index (χ3n) is 2.94. The Morgan fingerprint density at radius 2 is 2.18 bits per heavy atom. The van der Waals surface area contributed by atoms with E-state index in [1.165, 1.54) is 10.5 Å². The van der Waals surface area contributed by atoms with Crippen LogP contribution in [0, 0.1) is 5.92 Å². The molecule has 2 rings (SSSR count). The van der Waals surface area contributed by atoms with Gasteiger partial charge in [-0.2, -0.15) is 0 Å². The second-order valence-corrected chi connectivity index (χ2v) is 6.28. The fourth-order valence-electron chi connectivity index (χ4n) is 2.20. The summed E-state index contributed by atoms with van der Waals surface area (Å²) in [6, 6.07) is 8.31. The van der Waals surface area contributed by atoms with Gasteiger partial charge in [0.25, 0.3) is 0 Å².